The SMILES string of the molecule is CCCCN1C(CC(C)C)=NS(=O)(=O)c2cc(NC(=O)C3CCC3)ccc21. The summed E-state index contributed by atoms with van der Waals surface area (Å²) in [6.45, 7) is 6.96. The van der Waals surface area contributed by atoms with Crippen molar-refractivity contribution in [3.63, 3.8) is 0 Å². The van der Waals surface area contributed by atoms with Crippen LogP contribution >= 0.6 is 0 Å². The first-order valence-corrected chi connectivity index (χ1v) is 11.3. The monoisotopic (exact) mass is 391 g/mol. The Labute approximate surface area is 162 Å². The van der Waals surface area contributed by atoms with Crippen LogP contribution in [-0.2, 0) is 14.8 Å². The number of carbonyl (C=O) groups excluding carboxylic acids is 1. The fraction of sp³-hybridized carbons (Fsp3) is 0.600. The molecule has 0 spiro atoms. The number of anilines is 2. The molecule has 1 N–H and O–H groups in total. The number of unbranched alkanes of at least 4 members (excludes halogenated alkanes) is 1. The summed E-state index contributed by atoms with van der Waals surface area (Å²) in [7, 11) is -3.77. The molecular weight excluding hydrogens is 362 g/mol. The van der Waals surface area contributed by atoms with Gasteiger partial charge in [0, 0.05) is 24.6 Å². The molecule has 0 unspecified atom stereocenters. The van der Waals surface area contributed by atoms with Crippen molar-refractivity contribution in [3.8, 4) is 0 Å². The van der Waals surface area contributed by atoms with Crippen molar-refractivity contribution in [3.05, 3.63) is 18.2 Å². The van der Waals surface area contributed by atoms with Gasteiger partial charge in [0.2, 0.25) is 5.91 Å². The lowest BCUT2D eigenvalue weighted by Crippen LogP contribution is -2.37. The van der Waals surface area contributed by atoms with Gasteiger partial charge in [-0.1, -0.05) is 33.6 Å². The molecule has 0 radical (unpaired) electrons. The maximum absolute atomic E-state index is 12.8. The zero-order valence-electron chi connectivity index (χ0n) is 16.4. The van der Waals surface area contributed by atoms with Crippen LogP contribution in [-0.4, -0.2) is 26.7 Å². The molecule has 3 rings (SSSR count). The summed E-state index contributed by atoms with van der Waals surface area (Å²) in [5.41, 5.74) is 1.18. The third kappa shape index (κ3) is 4.34. The molecule has 0 atom stereocenters. The maximum atomic E-state index is 12.8. The van der Waals surface area contributed by atoms with Gasteiger partial charge in [-0.15, -0.1) is 4.40 Å². The number of sulfonamides is 1. The van der Waals surface area contributed by atoms with Crippen molar-refractivity contribution in [1.29, 1.82) is 0 Å². The molecule has 27 heavy (non-hydrogen) atoms. The van der Waals surface area contributed by atoms with E-state index in [1.807, 2.05) is 4.90 Å². The van der Waals surface area contributed by atoms with Gasteiger partial charge in [-0.3, -0.25) is 4.79 Å². The van der Waals surface area contributed by atoms with Gasteiger partial charge >= 0.3 is 0 Å². The minimum Gasteiger partial charge on any atom is -0.328 e. The summed E-state index contributed by atoms with van der Waals surface area (Å²) in [6, 6.07) is 5.14. The van der Waals surface area contributed by atoms with Crippen LogP contribution in [0.2, 0.25) is 0 Å². The van der Waals surface area contributed by atoms with E-state index in [0.29, 0.717) is 29.5 Å². The Morgan fingerprint density at radius 3 is 2.67 bits per heavy atom. The number of nitrogens with one attached hydrogen (secondary N) is 1. The van der Waals surface area contributed by atoms with E-state index < -0.39 is 10.0 Å². The van der Waals surface area contributed by atoms with Gasteiger partial charge in [0.15, 0.2) is 0 Å². The molecular formula is C20H29N3O3S. The van der Waals surface area contributed by atoms with Gasteiger partial charge in [0.05, 0.1) is 5.69 Å². The number of amides is 1. The smallest absolute Gasteiger partial charge is 0.286 e. The van der Waals surface area contributed by atoms with Crippen LogP contribution in [0, 0.1) is 11.8 Å². The molecule has 6 nitrogen and oxygen atoms in total. The highest BCUT2D eigenvalue weighted by atomic mass is 32.2. The third-order valence-electron chi connectivity index (χ3n) is 5.14. The second-order valence-corrected chi connectivity index (χ2v) is 9.46. The lowest BCUT2D eigenvalue weighted by Gasteiger charge is -2.32. The number of nitrogens with zero attached hydrogens (tertiary/aromatic N) is 2. The molecule has 1 aliphatic carbocycles. The molecule has 7 heteroatoms. The average Bonchev–Trinajstić information content (AvgIpc) is 2.52. The van der Waals surface area contributed by atoms with E-state index in [9.17, 15) is 13.2 Å². The van der Waals surface area contributed by atoms with Gasteiger partial charge < -0.3 is 10.2 Å². The number of rotatable bonds is 7. The van der Waals surface area contributed by atoms with E-state index >= 15 is 0 Å². The van der Waals surface area contributed by atoms with Crippen molar-refractivity contribution in [1.82, 2.24) is 0 Å². The first-order chi connectivity index (χ1) is 12.8. The molecule has 1 saturated carbocycles. The minimum atomic E-state index is -3.77. The fourth-order valence-electron chi connectivity index (χ4n) is 3.39. The highest BCUT2D eigenvalue weighted by Gasteiger charge is 2.32. The average molecular weight is 392 g/mol. The number of benzene rings is 1. The van der Waals surface area contributed by atoms with Crippen molar-refractivity contribution in [2.24, 2.45) is 16.2 Å². The van der Waals surface area contributed by atoms with Crippen molar-refractivity contribution in [2.45, 2.75) is 64.2 Å². The van der Waals surface area contributed by atoms with Crippen LogP contribution in [0.4, 0.5) is 11.4 Å². The Morgan fingerprint density at radius 2 is 2.07 bits per heavy atom. The Kier molecular flexibility index (Phi) is 5.89. The van der Waals surface area contributed by atoms with Gasteiger partial charge in [-0.25, -0.2) is 0 Å². The number of fused-ring (bicyclic) bond motifs is 1. The Hall–Kier alpha value is -1.89. The quantitative estimate of drug-likeness (QED) is 0.756. The van der Waals surface area contributed by atoms with Crippen molar-refractivity contribution < 1.29 is 13.2 Å². The predicted molar refractivity (Wildman–Crippen MR) is 109 cm³/mol. The summed E-state index contributed by atoms with van der Waals surface area (Å²) >= 11 is 0. The molecule has 1 aromatic carbocycles. The predicted octanol–water partition coefficient (Wildman–Crippen LogP) is 4.18. The van der Waals surface area contributed by atoms with Gasteiger partial charge in [-0.2, -0.15) is 8.42 Å². The summed E-state index contributed by atoms with van der Waals surface area (Å²) < 4.78 is 29.7. The van der Waals surface area contributed by atoms with E-state index in [2.05, 4.69) is 30.5 Å². The first-order valence-electron chi connectivity index (χ1n) is 9.88. The summed E-state index contributed by atoms with van der Waals surface area (Å²) in [5.74, 6) is 0.943. The van der Waals surface area contributed by atoms with E-state index in [1.54, 1.807) is 18.2 Å². The first kappa shape index (κ1) is 19.9. The number of amidine groups is 1. The Balaban J connectivity index is 1.94. The summed E-state index contributed by atoms with van der Waals surface area (Å²) in [5, 5.41) is 2.86. The minimum absolute atomic E-state index is 0.0266. The Bertz CT molecular complexity index is 842. The number of hydrogen-bond donors (Lipinski definition) is 1. The zero-order valence-corrected chi connectivity index (χ0v) is 17.2. The van der Waals surface area contributed by atoms with Crippen LogP contribution in [0.15, 0.2) is 27.5 Å². The van der Waals surface area contributed by atoms with Crippen molar-refractivity contribution >= 4 is 33.1 Å². The molecule has 2 aliphatic rings. The lowest BCUT2D eigenvalue weighted by atomic mass is 9.85. The molecule has 1 aromatic rings. The molecule has 1 fully saturated rings. The van der Waals surface area contributed by atoms with Gasteiger partial charge in [0.1, 0.15) is 10.7 Å². The van der Waals surface area contributed by atoms with Crippen LogP contribution in [0.25, 0.3) is 0 Å². The molecule has 148 valence electrons. The van der Waals surface area contributed by atoms with Crippen LogP contribution in [0.1, 0.15) is 59.3 Å². The zero-order chi connectivity index (χ0) is 19.6. The lowest BCUT2D eigenvalue weighted by molar-refractivity contribution is -0.122. The van der Waals surface area contributed by atoms with Crippen LogP contribution in [0.3, 0.4) is 0 Å². The topological polar surface area (TPSA) is 78.8 Å². The normalized spacial score (nSPS) is 18.7. The molecule has 0 saturated heterocycles. The van der Waals surface area contributed by atoms with E-state index in [-0.39, 0.29) is 16.7 Å². The Morgan fingerprint density at radius 1 is 1.33 bits per heavy atom. The van der Waals surface area contributed by atoms with E-state index in [0.717, 1.165) is 38.6 Å². The van der Waals surface area contributed by atoms with Crippen LogP contribution in [0.5, 0.6) is 0 Å². The molecule has 1 amide bonds. The molecule has 1 aliphatic heterocycles. The summed E-state index contributed by atoms with van der Waals surface area (Å²) in [6.07, 6.45) is 5.48. The summed E-state index contributed by atoms with van der Waals surface area (Å²) in [4.78, 5) is 14.4. The standard InChI is InChI=1S/C20H29N3O3S/c1-4-5-11-23-17-10-9-16(21-20(24)15-7-6-8-15)13-18(17)27(25,26)22-19(23)12-14(2)3/h9-10,13-15H,4-8,11-12H2,1-3H3,(H,21,24). The second-order valence-electron chi connectivity index (χ2n) is 7.89. The second kappa shape index (κ2) is 8.00. The highest BCUT2D eigenvalue weighted by Crippen LogP contribution is 2.36. The number of hydrogen-bond acceptors (Lipinski definition) is 4. The molecule has 1 heterocycles. The molecule has 0 bridgehead atoms. The fourth-order valence-corrected chi connectivity index (χ4v) is 4.66. The van der Waals surface area contributed by atoms with E-state index in [1.165, 1.54) is 0 Å². The number of carbonyl (C=O) groups is 1. The maximum Gasteiger partial charge on any atom is 0.286 e. The third-order valence-corrected chi connectivity index (χ3v) is 6.47. The van der Waals surface area contributed by atoms with Crippen LogP contribution < -0.4 is 10.2 Å². The van der Waals surface area contributed by atoms with E-state index in [4.69, 9.17) is 0 Å². The van der Waals surface area contributed by atoms with Gasteiger partial charge in [0.25, 0.3) is 10.0 Å². The largest absolute Gasteiger partial charge is 0.328 e. The molecule has 0 aromatic heterocycles. The highest BCUT2D eigenvalue weighted by molar-refractivity contribution is 7.90. The van der Waals surface area contributed by atoms with Crippen molar-refractivity contribution in [2.75, 3.05) is 16.8 Å². The van der Waals surface area contributed by atoms with Gasteiger partial charge in [-0.05, 0) is 43.4 Å².